The van der Waals surface area contributed by atoms with E-state index in [0.717, 1.165) is 29.7 Å². The largest absolute Gasteiger partial charge is 0.325 e. The summed E-state index contributed by atoms with van der Waals surface area (Å²) in [5.74, 6) is -0.132. The first-order valence-electron chi connectivity index (χ1n) is 9.05. The quantitative estimate of drug-likeness (QED) is 0.788. The number of imide groups is 1. The van der Waals surface area contributed by atoms with Crippen molar-refractivity contribution in [2.75, 3.05) is 11.9 Å². The lowest BCUT2D eigenvalue weighted by molar-refractivity contribution is -0.135. The molecule has 1 saturated heterocycles. The smallest absolute Gasteiger partial charge is 0.323 e. The maximum Gasteiger partial charge on any atom is 0.325 e. The van der Waals surface area contributed by atoms with Gasteiger partial charge in [0.1, 0.15) is 12.1 Å². The van der Waals surface area contributed by atoms with Gasteiger partial charge in [-0.3, -0.25) is 14.5 Å². The molecular formula is C19H24ClN3O3. The van der Waals surface area contributed by atoms with Gasteiger partial charge in [-0.2, -0.15) is 0 Å². The Kier molecular flexibility index (Phi) is 5.23. The summed E-state index contributed by atoms with van der Waals surface area (Å²) in [6, 6.07) is 4.78. The van der Waals surface area contributed by atoms with Gasteiger partial charge in [0.15, 0.2) is 0 Å². The van der Waals surface area contributed by atoms with E-state index in [1.54, 1.807) is 12.1 Å². The number of aryl methyl sites for hydroxylation is 1. The maximum atomic E-state index is 12.8. The van der Waals surface area contributed by atoms with Crippen molar-refractivity contribution in [2.24, 2.45) is 5.92 Å². The van der Waals surface area contributed by atoms with E-state index in [1.807, 2.05) is 13.0 Å². The lowest BCUT2D eigenvalue weighted by atomic mass is 9.75. The molecule has 1 aromatic carbocycles. The van der Waals surface area contributed by atoms with Crippen molar-refractivity contribution in [3.8, 4) is 0 Å². The normalized spacial score (nSPS) is 25.5. The van der Waals surface area contributed by atoms with E-state index in [-0.39, 0.29) is 12.5 Å². The summed E-state index contributed by atoms with van der Waals surface area (Å²) in [5.41, 5.74) is 0.615. The van der Waals surface area contributed by atoms with Crippen LogP contribution < -0.4 is 10.6 Å². The van der Waals surface area contributed by atoms with E-state index in [0.29, 0.717) is 29.5 Å². The monoisotopic (exact) mass is 377 g/mol. The minimum Gasteiger partial charge on any atom is -0.323 e. The molecule has 6 nitrogen and oxygen atoms in total. The van der Waals surface area contributed by atoms with Crippen LogP contribution in [0.1, 0.15) is 44.6 Å². The molecule has 0 atom stereocenters. The molecule has 1 heterocycles. The van der Waals surface area contributed by atoms with Crippen molar-refractivity contribution < 1.29 is 14.4 Å². The molecule has 2 fully saturated rings. The fourth-order valence-electron chi connectivity index (χ4n) is 3.79. The number of nitrogens with zero attached hydrogens (tertiary/aromatic N) is 1. The summed E-state index contributed by atoms with van der Waals surface area (Å²) in [5, 5.41) is 5.92. The Morgan fingerprint density at radius 2 is 2.04 bits per heavy atom. The lowest BCUT2D eigenvalue weighted by Crippen LogP contribution is -2.49. The van der Waals surface area contributed by atoms with Crippen LogP contribution in [0.5, 0.6) is 0 Å². The molecule has 1 aromatic rings. The Balaban J connectivity index is 1.65. The first kappa shape index (κ1) is 18.7. The SMILES string of the molecule is CCC1CCC2(CC1)NC(=O)N(CC(=O)Nc1ccc(C)cc1Cl)C2=O. The van der Waals surface area contributed by atoms with Crippen LogP contribution >= 0.6 is 11.6 Å². The van der Waals surface area contributed by atoms with Crippen LogP contribution in [0.3, 0.4) is 0 Å². The second kappa shape index (κ2) is 7.27. The molecule has 4 amide bonds. The van der Waals surface area contributed by atoms with E-state index >= 15 is 0 Å². The number of amides is 4. The van der Waals surface area contributed by atoms with Crippen LogP contribution in [0, 0.1) is 12.8 Å². The molecule has 0 radical (unpaired) electrons. The molecule has 0 unspecified atom stereocenters. The van der Waals surface area contributed by atoms with Crippen LogP contribution in [0.4, 0.5) is 10.5 Å². The van der Waals surface area contributed by atoms with Gasteiger partial charge in [-0.05, 0) is 56.2 Å². The third kappa shape index (κ3) is 3.56. The highest BCUT2D eigenvalue weighted by atomic mass is 35.5. The van der Waals surface area contributed by atoms with E-state index in [1.165, 1.54) is 0 Å². The minimum absolute atomic E-state index is 0.290. The molecule has 140 valence electrons. The molecule has 0 aromatic heterocycles. The number of carbonyl (C=O) groups excluding carboxylic acids is 3. The minimum atomic E-state index is -0.829. The average molecular weight is 378 g/mol. The summed E-state index contributed by atoms with van der Waals surface area (Å²) in [6.07, 6.45) is 4.20. The van der Waals surface area contributed by atoms with Crippen LogP contribution in [0.2, 0.25) is 5.02 Å². The molecule has 2 aliphatic rings. The van der Waals surface area contributed by atoms with Crippen LogP contribution in [-0.4, -0.2) is 34.8 Å². The number of hydrogen-bond acceptors (Lipinski definition) is 3. The first-order valence-corrected chi connectivity index (χ1v) is 9.42. The summed E-state index contributed by atoms with van der Waals surface area (Å²) in [6.45, 7) is 3.73. The van der Waals surface area contributed by atoms with Crippen molar-refractivity contribution in [2.45, 2.75) is 51.5 Å². The summed E-state index contributed by atoms with van der Waals surface area (Å²) < 4.78 is 0. The number of carbonyl (C=O) groups is 3. The molecule has 1 aliphatic heterocycles. The predicted molar refractivity (Wildman–Crippen MR) is 100 cm³/mol. The van der Waals surface area contributed by atoms with Crippen molar-refractivity contribution in [3.63, 3.8) is 0 Å². The first-order chi connectivity index (χ1) is 12.3. The zero-order chi connectivity index (χ0) is 18.9. The number of benzene rings is 1. The zero-order valence-electron chi connectivity index (χ0n) is 15.1. The summed E-state index contributed by atoms with van der Waals surface area (Å²) in [7, 11) is 0. The topological polar surface area (TPSA) is 78.5 Å². The van der Waals surface area contributed by atoms with Gasteiger partial charge in [-0.1, -0.05) is 31.0 Å². The molecular weight excluding hydrogens is 354 g/mol. The highest BCUT2D eigenvalue weighted by Gasteiger charge is 2.52. The highest BCUT2D eigenvalue weighted by Crippen LogP contribution is 2.37. The van der Waals surface area contributed by atoms with Crippen molar-refractivity contribution in [3.05, 3.63) is 28.8 Å². The third-order valence-electron chi connectivity index (χ3n) is 5.48. The Hall–Kier alpha value is -2.08. The van der Waals surface area contributed by atoms with E-state index in [9.17, 15) is 14.4 Å². The number of urea groups is 1. The Bertz CT molecular complexity index is 742. The predicted octanol–water partition coefficient (Wildman–Crippen LogP) is 3.48. The Morgan fingerprint density at radius 3 is 2.65 bits per heavy atom. The highest BCUT2D eigenvalue weighted by molar-refractivity contribution is 6.33. The van der Waals surface area contributed by atoms with E-state index < -0.39 is 17.5 Å². The number of hydrogen-bond donors (Lipinski definition) is 2. The van der Waals surface area contributed by atoms with Gasteiger partial charge in [0, 0.05) is 0 Å². The van der Waals surface area contributed by atoms with Crippen LogP contribution in [0.15, 0.2) is 18.2 Å². The van der Waals surface area contributed by atoms with Crippen LogP contribution in [0.25, 0.3) is 0 Å². The summed E-state index contributed by atoms with van der Waals surface area (Å²) >= 11 is 6.12. The Labute approximate surface area is 158 Å². The van der Waals surface area contributed by atoms with Gasteiger partial charge < -0.3 is 10.6 Å². The van der Waals surface area contributed by atoms with Gasteiger partial charge in [0.25, 0.3) is 5.91 Å². The Morgan fingerprint density at radius 1 is 1.35 bits per heavy atom. The molecule has 3 rings (SSSR count). The van der Waals surface area contributed by atoms with Gasteiger partial charge in [0.05, 0.1) is 10.7 Å². The van der Waals surface area contributed by atoms with E-state index in [4.69, 9.17) is 11.6 Å². The number of halogens is 1. The molecule has 1 spiro atoms. The standard InChI is InChI=1S/C19H24ClN3O3/c1-3-13-6-8-19(9-7-13)17(25)23(18(26)22-19)11-16(24)21-15-5-4-12(2)10-14(15)20/h4-5,10,13H,3,6-9,11H2,1-2H3,(H,21,24)(H,22,26). The molecule has 7 heteroatoms. The van der Waals surface area contributed by atoms with Crippen molar-refractivity contribution in [1.29, 1.82) is 0 Å². The fourth-order valence-corrected chi connectivity index (χ4v) is 4.07. The number of nitrogens with one attached hydrogen (secondary N) is 2. The van der Waals surface area contributed by atoms with Gasteiger partial charge >= 0.3 is 6.03 Å². The zero-order valence-corrected chi connectivity index (χ0v) is 15.9. The third-order valence-corrected chi connectivity index (χ3v) is 5.80. The fraction of sp³-hybridized carbons (Fsp3) is 0.526. The molecule has 1 saturated carbocycles. The average Bonchev–Trinajstić information content (AvgIpc) is 2.82. The van der Waals surface area contributed by atoms with E-state index in [2.05, 4.69) is 17.6 Å². The molecule has 26 heavy (non-hydrogen) atoms. The van der Waals surface area contributed by atoms with Crippen molar-refractivity contribution in [1.82, 2.24) is 10.2 Å². The maximum absolute atomic E-state index is 12.8. The molecule has 1 aliphatic carbocycles. The lowest BCUT2D eigenvalue weighted by Gasteiger charge is -2.34. The number of anilines is 1. The van der Waals surface area contributed by atoms with Gasteiger partial charge in [0.2, 0.25) is 5.91 Å². The summed E-state index contributed by atoms with van der Waals surface area (Å²) in [4.78, 5) is 38.5. The molecule has 2 N–H and O–H groups in total. The van der Waals surface area contributed by atoms with Crippen molar-refractivity contribution >= 4 is 35.1 Å². The van der Waals surface area contributed by atoms with Gasteiger partial charge in [-0.25, -0.2) is 4.79 Å². The van der Waals surface area contributed by atoms with Crippen LogP contribution in [-0.2, 0) is 9.59 Å². The second-order valence-electron chi connectivity index (χ2n) is 7.29. The van der Waals surface area contributed by atoms with Gasteiger partial charge in [-0.15, -0.1) is 0 Å². The molecule has 0 bridgehead atoms. The second-order valence-corrected chi connectivity index (χ2v) is 7.69. The number of rotatable bonds is 4.